The van der Waals surface area contributed by atoms with E-state index < -0.39 is 0 Å². The summed E-state index contributed by atoms with van der Waals surface area (Å²) in [5.74, 6) is -0.136. The lowest BCUT2D eigenvalue weighted by Crippen LogP contribution is -2.38. The quantitative estimate of drug-likeness (QED) is 0.750. The summed E-state index contributed by atoms with van der Waals surface area (Å²) < 4.78 is 4.70. The molecule has 1 aromatic rings. The molecule has 1 aromatic carbocycles. The lowest BCUT2D eigenvalue weighted by molar-refractivity contribution is -0.116. The van der Waals surface area contributed by atoms with Gasteiger partial charge in [-0.25, -0.2) is 4.79 Å². The monoisotopic (exact) mass is 247 g/mol. The van der Waals surface area contributed by atoms with Gasteiger partial charge in [-0.1, -0.05) is 6.07 Å². The molecule has 2 rings (SSSR count). The van der Waals surface area contributed by atoms with Gasteiger partial charge in [0.2, 0.25) is 0 Å². The van der Waals surface area contributed by atoms with Gasteiger partial charge in [-0.05, 0) is 32.0 Å². The number of hydrogen-bond acceptors (Lipinski definition) is 4. The Morgan fingerprint density at radius 3 is 2.67 bits per heavy atom. The second-order valence-corrected chi connectivity index (χ2v) is 5.16. The SMILES string of the molecule is COC(=O)c1cccc(N2CC(=O)CC2(C)C)c1. The highest BCUT2D eigenvalue weighted by Gasteiger charge is 2.37. The van der Waals surface area contributed by atoms with Gasteiger partial charge in [0.15, 0.2) is 5.78 Å². The van der Waals surface area contributed by atoms with Gasteiger partial charge in [0.05, 0.1) is 19.2 Å². The molecule has 1 aliphatic rings. The van der Waals surface area contributed by atoms with Crippen LogP contribution in [-0.2, 0) is 9.53 Å². The van der Waals surface area contributed by atoms with Crippen molar-refractivity contribution in [3.63, 3.8) is 0 Å². The first kappa shape index (κ1) is 12.6. The third-order valence-electron chi connectivity index (χ3n) is 3.27. The number of carbonyl (C=O) groups excluding carboxylic acids is 2. The number of esters is 1. The van der Waals surface area contributed by atoms with Crippen LogP contribution in [0, 0.1) is 0 Å². The topological polar surface area (TPSA) is 46.6 Å². The number of ether oxygens (including phenoxy) is 1. The molecule has 96 valence electrons. The fraction of sp³-hybridized carbons (Fsp3) is 0.429. The molecule has 0 unspecified atom stereocenters. The summed E-state index contributed by atoms with van der Waals surface area (Å²) in [6.45, 7) is 4.46. The zero-order chi connectivity index (χ0) is 13.3. The lowest BCUT2D eigenvalue weighted by atomic mass is 10.0. The number of hydrogen-bond donors (Lipinski definition) is 0. The van der Waals surface area contributed by atoms with Gasteiger partial charge in [0.25, 0.3) is 0 Å². The molecule has 1 fully saturated rings. The Balaban J connectivity index is 2.34. The number of anilines is 1. The largest absolute Gasteiger partial charge is 0.465 e. The fourth-order valence-electron chi connectivity index (χ4n) is 2.38. The van der Waals surface area contributed by atoms with Crippen LogP contribution in [0.3, 0.4) is 0 Å². The van der Waals surface area contributed by atoms with E-state index in [1.807, 2.05) is 24.8 Å². The summed E-state index contributed by atoms with van der Waals surface area (Å²) in [7, 11) is 1.36. The van der Waals surface area contributed by atoms with Crippen LogP contribution in [0.4, 0.5) is 5.69 Å². The van der Waals surface area contributed by atoms with Crippen LogP contribution in [0.15, 0.2) is 24.3 Å². The standard InChI is InChI=1S/C14H17NO3/c1-14(2)8-12(16)9-15(14)11-6-4-5-10(7-11)13(17)18-3/h4-7H,8-9H2,1-3H3. The van der Waals surface area contributed by atoms with Crippen molar-refractivity contribution in [2.45, 2.75) is 25.8 Å². The smallest absolute Gasteiger partial charge is 0.337 e. The van der Waals surface area contributed by atoms with E-state index >= 15 is 0 Å². The van der Waals surface area contributed by atoms with E-state index in [1.165, 1.54) is 7.11 Å². The molecule has 0 atom stereocenters. The van der Waals surface area contributed by atoms with Gasteiger partial charge in [0.1, 0.15) is 0 Å². The Morgan fingerprint density at radius 2 is 2.11 bits per heavy atom. The highest BCUT2D eigenvalue weighted by molar-refractivity contribution is 5.92. The summed E-state index contributed by atoms with van der Waals surface area (Å²) in [6.07, 6.45) is 0.537. The molecule has 18 heavy (non-hydrogen) atoms. The van der Waals surface area contributed by atoms with Gasteiger partial charge in [0, 0.05) is 17.6 Å². The number of Topliss-reactive ketones (excluding diaryl/α,β-unsaturated/α-hetero) is 1. The maximum atomic E-state index is 11.6. The summed E-state index contributed by atoms with van der Waals surface area (Å²) in [6, 6.07) is 7.19. The minimum atomic E-state index is -0.361. The number of rotatable bonds is 2. The number of benzene rings is 1. The maximum absolute atomic E-state index is 11.6. The number of ketones is 1. The molecule has 1 heterocycles. The van der Waals surface area contributed by atoms with Gasteiger partial charge in [-0.3, -0.25) is 4.79 Å². The van der Waals surface area contributed by atoms with E-state index in [2.05, 4.69) is 0 Å². The second kappa shape index (κ2) is 4.44. The first-order valence-corrected chi connectivity index (χ1v) is 5.92. The van der Waals surface area contributed by atoms with Crippen molar-refractivity contribution in [3.8, 4) is 0 Å². The zero-order valence-corrected chi connectivity index (χ0v) is 10.9. The molecule has 0 aromatic heterocycles. The molecule has 0 bridgehead atoms. The molecule has 0 N–H and O–H groups in total. The van der Waals surface area contributed by atoms with Crippen molar-refractivity contribution in [2.24, 2.45) is 0 Å². The number of carbonyl (C=O) groups is 2. The molecular weight excluding hydrogens is 230 g/mol. The molecular formula is C14H17NO3. The number of methoxy groups -OCH3 is 1. The van der Waals surface area contributed by atoms with Crippen LogP contribution >= 0.6 is 0 Å². The third-order valence-corrected chi connectivity index (χ3v) is 3.27. The minimum absolute atomic E-state index is 0.203. The molecule has 4 heteroatoms. The molecule has 1 aliphatic heterocycles. The van der Waals surface area contributed by atoms with Crippen molar-refractivity contribution < 1.29 is 14.3 Å². The molecule has 0 saturated carbocycles. The van der Waals surface area contributed by atoms with Crippen LogP contribution in [0.2, 0.25) is 0 Å². The molecule has 1 saturated heterocycles. The van der Waals surface area contributed by atoms with E-state index in [0.717, 1.165) is 5.69 Å². The maximum Gasteiger partial charge on any atom is 0.337 e. The summed E-state index contributed by atoms with van der Waals surface area (Å²) in [4.78, 5) is 25.1. The first-order chi connectivity index (χ1) is 8.44. The minimum Gasteiger partial charge on any atom is -0.465 e. The number of nitrogens with zero attached hydrogens (tertiary/aromatic N) is 1. The summed E-state index contributed by atoms with van der Waals surface area (Å²) >= 11 is 0. The zero-order valence-electron chi connectivity index (χ0n) is 10.9. The molecule has 4 nitrogen and oxygen atoms in total. The Labute approximate surface area is 107 Å². The average Bonchev–Trinajstić information content (AvgIpc) is 2.61. The van der Waals surface area contributed by atoms with Crippen molar-refractivity contribution in [1.82, 2.24) is 0 Å². The predicted octanol–water partition coefficient (Wildman–Crippen LogP) is 2.03. The normalized spacial score (nSPS) is 17.9. The fourth-order valence-corrected chi connectivity index (χ4v) is 2.38. The molecule has 0 spiro atoms. The van der Waals surface area contributed by atoms with E-state index in [0.29, 0.717) is 18.5 Å². The highest BCUT2D eigenvalue weighted by Crippen LogP contribution is 2.32. The lowest BCUT2D eigenvalue weighted by Gasteiger charge is -2.32. The molecule has 0 amide bonds. The van der Waals surface area contributed by atoms with E-state index in [9.17, 15) is 9.59 Å². The van der Waals surface area contributed by atoms with Gasteiger partial charge < -0.3 is 9.64 Å². The Hall–Kier alpha value is -1.84. The first-order valence-electron chi connectivity index (χ1n) is 5.92. The van der Waals surface area contributed by atoms with Gasteiger partial charge >= 0.3 is 5.97 Å². The van der Waals surface area contributed by atoms with Crippen molar-refractivity contribution in [1.29, 1.82) is 0 Å². The van der Waals surface area contributed by atoms with Gasteiger partial charge in [-0.15, -0.1) is 0 Å². The van der Waals surface area contributed by atoms with E-state index in [1.54, 1.807) is 18.2 Å². The molecule has 0 aliphatic carbocycles. The van der Waals surface area contributed by atoms with E-state index in [4.69, 9.17) is 4.74 Å². The Bertz CT molecular complexity index is 494. The third kappa shape index (κ3) is 2.23. The highest BCUT2D eigenvalue weighted by atomic mass is 16.5. The van der Waals surface area contributed by atoms with E-state index in [-0.39, 0.29) is 17.3 Å². The van der Waals surface area contributed by atoms with Crippen LogP contribution in [-0.4, -0.2) is 30.9 Å². The van der Waals surface area contributed by atoms with Crippen molar-refractivity contribution in [3.05, 3.63) is 29.8 Å². The molecule has 0 radical (unpaired) electrons. The Kier molecular flexibility index (Phi) is 3.11. The summed E-state index contributed by atoms with van der Waals surface area (Å²) in [5.41, 5.74) is 1.19. The van der Waals surface area contributed by atoms with Crippen LogP contribution < -0.4 is 4.90 Å². The summed E-state index contributed by atoms with van der Waals surface area (Å²) in [5, 5.41) is 0. The van der Waals surface area contributed by atoms with Crippen LogP contribution in [0.25, 0.3) is 0 Å². The average molecular weight is 247 g/mol. The van der Waals surface area contributed by atoms with Crippen LogP contribution in [0.5, 0.6) is 0 Å². The van der Waals surface area contributed by atoms with Crippen molar-refractivity contribution >= 4 is 17.4 Å². The predicted molar refractivity (Wildman–Crippen MR) is 68.8 cm³/mol. The van der Waals surface area contributed by atoms with Gasteiger partial charge in [-0.2, -0.15) is 0 Å². The Morgan fingerprint density at radius 1 is 1.39 bits per heavy atom. The van der Waals surface area contributed by atoms with Crippen molar-refractivity contribution in [2.75, 3.05) is 18.6 Å². The van der Waals surface area contributed by atoms with Crippen LogP contribution in [0.1, 0.15) is 30.6 Å². The second-order valence-electron chi connectivity index (χ2n) is 5.16.